The molecule has 0 saturated heterocycles. The van der Waals surface area contributed by atoms with E-state index in [2.05, 4.69) is 38.3 Å². The van der Waals surface area contributed by atoms with Crippen molar-refractivity contribution >= 4 is 21.6 Å². The Bertz CT molecular complexity index is 464. The molecule has 2 rings (SSSR count). The second kappa shape index (κ2) is 5.82. The number of pyridine rings is 1. The molecular formula is C12H15BrN4. The topological polar surface area (TPSA) is 42.7 Å². The molecular weight excluding hydrogens is 280 g/mol. The number of aromatic nitrogens is 3. The van der Waals surface area contributed by atoms with Gasteiger partial charge in [-0.15, -0.1) is 0 Å². The van der Waals surface area contributed by atoms with Crippen molar-refractivity contribution in [1.82, 2.24) is 14.8 Å². The van der Waals surface area contributed by atoms with E-state index >= 15 is 0 Å². The molecule has 5 heteroatoms. The van der Waals surface area contributed by atoms with E-state index in [1.165, 1.54) is 5.69 Å². The molecule has 0 fully saturated rings. The van der Waals surface area contributed by atoms with Gasteiger partial charge in [-0.3, -0.25) is 4.68 Å². The van der Waals surface area contributed by atoms with Crippen LogP contribution < -0.4 is 5.32 Å². The van der Waals surface area contributed by atoms with Crippen LogP contribution in [-0.2, 0) is 13.1 Å². The molecule has 2 aromatic heterocycles. The average Bonchev–Trinajstić information content (AvgIpc) is 2.77. The van der Waals surface area contributed by atoms with E-state index in [9.17, 15) is 0 Å². The van der Waals surface area contributed by atoms with Gasteiger partial charge in [0.05, 0.1) is 24.1 Å². The zero-order valence-corrected chi connectivity index (χ0v) is 11.3. The normalized spacial score (nSPS) is 10.5. The van der Waals surface area contributed by atoms with Crippen LogP contribution in [0.2, 0.25) is 0 Å². The lowest BCUT2D eigenvalue weighted by atomic mass is 10.3. The molecule has 0 saturated carbocycles. The van der Waals surface area contributed by atoms with Crippen molar-refractivity contribution < 1.29 is 0 Å². The summed E-state index contributed by atoms with van der Waals surface area (Å²) in [7, 11) is 0. The molecule has 0 amide bonds. The molecule has 4 nitrogen and oxygen atoms in total. The standard InChI is InChI=1S/C12H15BrN4/c1-2-7-17-11(5-6-16-17)9-14-10-3-4-12(13)15-8-10/h3-6,8,14H,2,7,9H2,1H3. The predicted molar refractivity (Wildman–Crippen MR) is 71.8 cm³/mol. The highest BCUT2D eigenvalue weighted by Crippen LogP contribution is 2.11. The van der Waals surface area contributed by atoms with E-state index in [0.717, 1.165) is 29.8 Å². The van der Waals surface area contributed by atoms with Crippen molar-refractivity contribution in [3.63, 3.8) is 0 Å². The Morgan fingerprint density at radius 3 is 2.94 bits per heavy atom. The minimum absolute atomic E-state index is 0.767. The first-order valence-corrected chi connectivity index (χ1v) is 6.45. The quantitative estimate of drug-likeness (QED) is 0.862. The van der Waals surface area contributed by atoms with Gasteiger partial charge in [-0.1, -0.05) is 6.92 Å². The molecule has 0 aromatic carbocycles. The number of nitrogens with one attached hydrogen (secondary N) is 1. The number of hydrogen-bond donors (Lipinski definition) is 1. The van der Waals surface area contributed by atoms with E-state index < -0.39 is 0 Å². The first-order valence-electron chi connectivity index (χ1n) is 5.65. The second-order valence-corrected chi connectivity index (χ2v) is 4.58. The van der Waals surface area contributed by atoms with Gasteiger partial charge < -0.3 is 5.32 Å². The number of rotatable bonds is 5. The molecule has 1 N–H and O–H groups in total. The first kappa shape index (κ1) is 12.1. The number of nitrogens with zero attached hydrogens (tertiary/aromatic N) is 3. The number of halogens is 1. The monoisotopic (exact) mass is 294 g/mol. The Morgan fingerprint density at radius 1 is 1.35 bits per heavy atom. The summed E-state index contributed by atoms with van der Waals surface area (Å²) in [6, 6.07) is 5.96. The van der Waals surface area contributed by atoms with E-state index in [-0.39, 0.29) is 0 Å². The third-order valence-electron chi connectivity index (χ3n) is 2.44. The molecule has 0 aliphatic rings. The summed E-state index contributed by atoms with van der Waals surface area (Å²) < 4.78 is 2.87. The third-order valence-corrected chi connectivity index (χ3v) is 2.91. The lowest BCUT2D eigenvalue weighted by Crippen LogP contribution is -2.08. The Kier molecular flexibility index (Phi) is 4.14. The zero-order chi connectivity index (χ0) is 12.1. The van der Waals surface area contributed by atoms with Crippen molar-refractivity contribution in [3.05, 3.63) is 40.9 Å². The minimum Gasteiger partial charge on any atom is -0.378 e. The highest BCUT2D eigenvalue weighted by atomic mass is 79.9. The predicted octanol–water partition coefficient (Wildman–Crippen LogP) is 3.06. The fourth-order valence-corrected chi connectivity index (χ4v) is 1.83. The van der Waals surface area contributed by atoms with Gasteiger partial charge in [0.1, 0.15) is 4.60 Å². The Labute approximate surface area is 109 Å². The summed E-state index contributed by atoms with van der Waals surface area (Å²) in [6.45, 7) is 3.88. The van der Waals surface area contributed by atoms with Crippen molar-refractivity contribution in [1.29, 1.82) is 0 Å². The van der Waals surface area contributed by atoms with Crippen molar-refractivity contribution in [2.45, 2.75) is 26.4 Å². The maximum atomic E-state index is 4.29. The summed E-state index contributed by atoms with van der Waals surface area (Å²) in [5.74, 6) is 0. The Hall–Kier alpha value is -1.36. The fraction of sp³-hybridized carbons (Fsp3) is 0.333. The van der Waals surface area contributed by atoms with Crippen molar-refractivity contribution in [3.8, 4) is 0 Å². The SMILES string of the molecule is CCCn1nccc1CNc1ccc(Br)nc1. The van der Waals surface area contributed by atoms with Gasteiger partial charge in [-0.05, 0) is 40.5 Å². The van der Waals surface area contributed by atoms with Crippen LogP contribution in [0.3, 0.4) is 0 Å². The fourth-order valence-electron chi connectivity index (χ4n) is 1.60. The van der Waals surface area contributed by atoms with Crippen LogP contribution in [0.15, 0.2) is 35.2 Å². The summed E-state index contributed by atoms with van der Waals surface area (Å²) in [5, 5.41) is 7.61. The van der Waals surface area contributed by atoms with Crippen LogP contribution in [0.5, 0.6) is 0 Å². The highest BCUT2D eigenvalue weighted by Gasteiger charge is 2.01. The molecule has 17 heavy (non-hydrogen) atoms. The molecule has 0 aliphatic carbocycles. The molecule has 90 valence electrons. The van der Waals surface area contributed by atoms with Crippen LogP contribution in [0.1, 0.15) is 19.0 Å². The lowest BCUT2D eigenvalue weighted by molar-refractivity contribution is 0.578. The van der Waals surface area contributed by atoms with Crippen LogP contribution >= 0.6 is 15.9 Å². The van der Waals surface area contributed by atoms with E-state index in [4.69, 9.17) is 0 Å². The van der Waals surface area contributed by atoms with Crippen LogP contribution in [0.25, 0.3) is 0 Å². The Morgan fingerprint density at radius 2 is 2.24 bits per heavy atom. The van der Waals surface area contributed by atoms with E-state index in [1.54, 1.807) is 0 Å². The summed E-state index contributed by atoms with van der Waals surface area (Å²) in [4.78, 5) is 4.17. The van der Waals surface area contributed by atoms with Crippen molar-refractivity contribution in [2.24, 2.45) is 0 Å². The van der Waals surface area contributed by atoms with Gasteiger partial charge in [-0.25, -0.2) is 4.98 Å². The van der Waals surface area contributed by atoms with Gasteiger partial charge in [0.2, 0.25) is 0 Å². The summed E-state index contributed by atoms with van der Waals surface area (Å²) in [6.07, 6.45) is 4.74. The minimum atomic E-state index is 0.767. The van der Waals surface area contributed by atoms with Gasteiger partial charge in [-0.2, -0.15) is 5.10 Å². The number of anilines is 1. The molecule has 0 atom stereocenters. The molecule has 2 heterocycles. The van der Waals surface area contributed by atoms with Crippen LogP contribution in [-0.4, -0.2) is 14.8 Å². The Balaban J connectivity index is 1.97. The smallest absolute Gasteiger partial charge is 0.106 e. The maximum Gasteiger partial charge on any atom is 0.106 e. The second-order valence-electron chi connectivity index (χ2n) is 3.77. The van der Waals surface area contributed by atoms with Crippen LogP contribution in [0, 0.1) is 0 Å². The summed E-state index contributed by atoms with van der Waals surface area (Å²) in [5.41, 5.74) is 2.20. The van der Waals surface area contributed by atoms with Gasteiger partial charge in [0.15, 0.2) is 0 Å². The van der Waals surface area contributed by atoms with Crippen LogP contribution in [0.4, 0.5) is 5.69 Å². The highest BCUT2D eigenvalue weighted by molar-refractivity contribution is 9.10. The molecule has 0 aliphatic heterocycles. The van der Waals surface area contributed by atoms with E-state index in [0.29, 0.717) is 0 Å². The maximum absolute atomic E-state index is 4.29. The van der Waals surface area contributed by atoms with E-state index in [1.807, 2.05) is 35.3 Å². The zero-order valence-electron chi connectivity index (χ0n) is 9.73. The summed E-state index contributed by atoms with van der Waals surface area (Å²) >= 11 is 3.31. The largest absolute Gasteiger partial charge is 0.378 e. The number of hydrogen-bond acceptors (Lipinski definition) is 3. The van der Waals surface area contributed by atoms with Gasteiger partial charge in [0.25, 0.3) is 0 Å². The first-order chi connectivity index (χ1) is 8.29. The lowest BCUT2D eigenvalue weighted by Gasteiger charge is -2.08. The number of aryl methyl sites for hydroxylation is 1. The molecule has 0 unspecified atom stereocenters. The van der Waals surface area contributed by atoms with Gasteiger partial charge >= 0.3 is 0 Å². The third kappa shape index (κ3) is 3.30. The molecule has 0 bridgehead atoms. The average molecular weight is 295 g/mol. The van der Waals surface area contributed by atoms with Gasteiger partial charge in [0, 0.05) is 12.7 Å². The van der Waals surface area contributed by atoms with Crippen molar-refractivity contribution in [2.75, 3.05) is 5.32 Å². The molecule has 2 aromatic rings. The molecule has 0 radical (unpaired) electrons. The molecule has 0 spiro atoms.